The number of aromatic nitrogens is 1. The molecule has 1 N–H and O–H groups in total. The number of carbonyl (C=O) groups excluding carboxylic acids is 3. The van der Waals surface area contributed by atoms with Crippen molar-refractivity contribution in [2.24, 2.45) is 0 Å². The molecule has 0 saturated heterocycles. The van der Waals surface area contributed by atoms with Gasteiger partial charge < -0.3 is 10.2 Å². The van der Waals surface area contributed by atoms with Crippen LogP contribution >= 0.6 is 0 Å². The lowest BCUT2D eigenvalue weighted by atomic mass is 10.0. The number of nitrogens with zero attached hydrogens (tertiary/aromatic N) is 3. The SMILES string of the molecule is O=C(CN1C(=O)c2ccccc2N2C(=O)c3ccccc3[C@@H]12)NCc1cccnc1. The van der Waals surface area contributed by atoms with E-state index in [0.717, 1.165) is 11.1 Å². The standard InChI is InChI=1S/C23H18N4O3/c28-20(25-13-15-6-5-11-24-12-15)14-26-21-16-7-1-2-8-17(16)23(30)27(21)19-10-4-3-9-18(19)22(26)29/h1-12,21H,13-14H2,(H,25,28)/t21-/m0/s1. The molecule has 0 saturated carbocycles. The fourth-order valence-electron chi connectivity index (χ4n) is 4.05. The molecular weight excluding hydrogens is 380 g/mol. The number of pyridine rings is 1. The summed E-state index contributed by atoms with van der Waals surface area (Å²) in [4.78, 5) is 46.2. The Kier molecular flexibility index (Phi) is 4.28. The second kappa shape index (κ2) is 7.11. The highest BCUT2D eigenvalue weighted by Gasteiger charge is 2.47. The molecule has 7 nitrogen and oxygen atoms in total. The van der Waals surface area contributed by atoms with Crippen LogP contribution in [0.15, 0.2) is 73.1 Å². The minimum absolute atomic E-state index is 0.157. The summed E-state index contributed by atoms with van der Waals surface area (Å²) in [6.45, 7) is 0.158. The molecule has 148 valence electrons. The third kappa shape index (κ3) is 2.83. The number of nitrogens with one attached hydrogen (secondary N) is 1. The zero-order chi connectivity index (χ0) is 20.7. The normalized spacial score (nSPS) is 16.7. The number of benzene rings is 2. The Bertz CT molecular complexity index is 1160. The molecule has 1 aromatic heterocycles. The first-order chi connectivity index (χ1) is 14.6. The third-order valence-corrected chi connectivity index (χ3v) is 5.41. The molecule has 7 heteroatoms. The van der Waals surface area contributed by atoms with Crippen LogP contribution in [0.2, 0.25) is 0 Å². The maximum atomic E-state index is 13.3. The van der Waals surface area contributed by atoms with Crippen LogP contribution in [-0.2, 0) is 11.3 Å². The van der Waals surface area contributed by atoms with Crippen LogP contribution in [0.1, 0.15) is 38.0 Å². The van der Waals surface area contributed by atoms with Crippen molar-refractivity contribution in [3.05, 3.63) is 95.3 Å². The molecule has 0 bridgehead atoms. The van der Waals surface area contributed by atoms with E-state index in [1.165, 1.54) is 4.90 Å². The number of para-hydroxylation sites is 1. The van der Waals surface area contributed by atoms with Gasteiger partial charge in [0, 0.05) is 30.1 Å². The molecule has 0 spiro atoms. The summed E-state index contributed by atoms with van der Waals surface area (Å²) in [5.74, 6) is -0.743. The summed E-state index contributed by atoms with van der Waals surface area (Å²) in [6.07, 6.45) is 2.70. The molecule has 3 aromatic rings. The monoisotopic (exact) mass is 398 g/mol. The van der Waals surface area contributed by atoms with Gasteiger partial charge in [0.25, 0.3) is 11.8 Å². The quantitative estimate of drug-likeness (QED) is 0.732. The third-order valence-electron chi connectivity index (χ3n) is 5.41. The van der Waals surface area contributed by atoms with E-state index >= 15 is 0 Å². The number of anilines is 1. The van der Waals surface area contributed by atoms with E-state index in [-0.39, 0.29) is 24.3 Å². The number of amides is 3. The summed E-state index contributed by atoms with van der Waals surface area (Å²) in [5.41, 5.74) is 3.12. The summed E-state index contributed by atoms with van der Waals surface area (Å²) < 4.78 is 0. The average Bonchev–Trinajstić information content (AvgIpc) is 3.09. The zero-order valence-electron chi connectivity index (χ0n) is 16.0. The highest BCUT2D eigenvalue weighted by molar-refractivity contribution is 6.17. The molecule has 0 unspecified atom stereocenters. The van der Waals surface area contributed by atoms with Gasteiger partial charge in [0.1, 0.15) is 12.7 Å². The Labute approximate surface area is 172 Å². The molecular formula is C23H18N4O3. The molecule has 1 atom stereocenters. The lowest BCUT2D eigenvalue weighted by molar-refractivity contribution is -0.122. The van der Waals surface area contributed by atoms with Crippen molar-refractivity contribution in [3.63, 3.8) is 0 Å². The highest BCUT2D eigenvalue weighted by Crippen LogP contribution is 2.44. The maximum absolute atomic E-state index is 13.3. The van der Waals surface area contributed by atoms with E-state index in [2.05, 4.69) is 10.3 Å². The van der Waals surface area contributed by atoms with Gasteiger partial charge >= 0.3 is 0 Å². The van der Waals surface area contributed by atoms with Gasteiger partial charge in [-0.05, 0) is 29.8 Å². The highest BCUT2D eigenvalue weighted by atomic mass is 16.2. The van der Waals surface area contributed by atoms with E-state index in [1.54, 1.807) is 59.8 Å². The van der Waals surface area contributed by atoms with Crippen molar-refractivity contribution < 1.29 is 14.4 Å². The number of hydrogen-bond donors (Lipinski definition) is 1. The first kappa shape index (κ1) is 18.1. The maximum Gasteiger partial charge on any atom is 0.260 e. The number of rotatable bonds is 4. The Morgan fingerprint density at radius 2 is 1.70 bits per heavy atom. The molecule has 2 aliphatic rings. The number of hydrogen-bond acceptors (Lipinski definition) is 4. The van der Waals surface area contributed by atoms with Crippen LogP contribution in [0.5, 0.6) is 0 Å². The fourth-order valence-corrected chi connectivity index (χ4v) is 4.05. The van der Waals surface area contributed by atoms with Gasteiger partial charge in [0.05, 0.1) is 11.3 Å². The summed E-state index contributed by atoms with van der Waals surface area (Å²) in [5, 5.41) is 2.83. The topological polar surface area (TPSA) is 82.6 Å². The van der Waals surface area contributed by atoms with Crippen molar-refractivity contribution in [2.75, 3.05) is 11.4 Å². The molecule has 3 amide bonds. The van der Waals surface area contributed by atoms with Gasteiger partial charge in [-0.15, -0.1) is 0 Å². The lowest BCUT2D eigenvalue weighted by Crippen LogP contribution is -2.51. The van der Waals surface area contributed by atoms with Crippen molar-refractivity contribution in [2.45, 2.75) is 12.7 Å². The Hall–Kier alpha value is -4.00. The largest absolute Gasteiger partial charge is 0.350 e. The Morgan fingerprint density at radius 3 is 2.50 bits per heavy atom. The smallest absolute Gasteiger partial charge is 0.260 e. The Morgan fingerprint density at radius 1 is 0.933 bits per heavy atom. The second-order valence-corrected chi connectivity index (χ2v) is 7.22. The average molecular weight is 398 g/mol. The molecule has 2 aliphatic heterocycles. The number of fused-ring (bicyclic) bond motifs is 5. The summed E-state index contributed by atoms with van der Waals surface area (Å²) >= 11 is 0. The molecule has 30 heavy (non-hydrogen) atoms. The van der Waals surface area contributed by atoms with E-state index < -0.39 is 6.17 Å². The predicted molar refractivity (Wildman–Crippen MR) is 110 cm³/mol. The van der Waals surface area contributed by atoms with E-state index in [1.807, 2.05) is 18.2 Å². The van der Waals surface area contributed by atoms with Crippen LogP contribution < -0.4 is 10.2 Å². The first-order valence-corrected chi connectivity index (χ1v) is 9.63. The molecule has 0 aliphatic carbocycles. The molecule has 5 rings (SSSR count). The minimum atomic E-state index is -0.639. The minimum Gasteiger partial charge on any atom is -0.350 e. The fraction of sp³-hybridized carbons (Fsp3) is 0.130. The molecule has 2 aromatic carbocycles. The lowest BCUT2D eigenvalue weighted by Gasteiger charge is -2.40. The van der Waals surface area contributed by atoms with Gasteiger partial charge in [-0.2, -0.15) is 0 Å². The summed E-state index contributed by atoms with van der Waals surface area (Å²) in [7, 11) is 0. The first-order valence-electron chi connectivity index (χ1n) is 9.63. The van der Waals surface area contributed by atoms with Gasteiger partial charge in [-0.3, -0.25) is 24.3 Å². The second-order valence-electron chi connectivity index (χ2n) is 7.22. The van der Waals surface area contributed by atoms with E-state index in [9.17, 15) is 14.4 Å². The molecule has 3 heterocycles. The summed E-state index contributed by atoms with van der Waals surface area (Å²) in [6, 6.07) is 17.9. The predicted octanol–water partition coefficient (Wildman–Crippen LogP) is 2.51. The van der Waals surface area contributed by atoms with E-state index in [4.69, 9.17) is 0 Å². The van der Waals surface area contributed by atoms with Crippen molar-refractivity contribution >= 4 is 23.4 Å². The van der Waals surface area contributed by atoms with Gasteiger partial charge in [-0.25, -0.2) is 0 Å². The van der Waals surface area contributed by atoms with Crippen LogP contribution in [0.25, 0.3) is 0 Å². The van der Waals surface area contributed by atoms with Crippen LogP contribution in [0.3, 0.4) is 0 Å². The Balaban J connectivity index is 1.47. The van der Waals surface area contributed by atoms with Crippen LogP contribution in [0, 0.1) is 0 Å². The van der Waals surface area contributed by atoms with Gasteiger partial charge in [0.2, 0.25) is 5.91 Å². The van der Waals surface area contributed by atoms with Crippen molar-refractivity contribution in [1.82, 2.24) is 15.2 Å². The van der Waals surface area contributed by atoms with E-state index in [0.29, 0.717) is 23.4 Å². The zero-order valence-corrected chi connectivity index (χ0v) is 16.0. The van der Waals surface area contributed by atoms with Crippen molar-refractivity contribution in [3.8, 4) is 0 Å². The van der Waals surface area contributed by atoms with Crippen molar-refractivity contribution in [1.29, 1.82) is 0 Å². The molecule has 0 fully saturated rings. The van der Waals surface area contributed by atoms with Crippen LogP contribution in [-0.4, -0.2) is 34.2 Å². The number of carbonyl (C=O) groups is 3. The molecule has 0 radical (unpaired) electrons. The van der Waals surface area contributed by atoms with Gasteiger partial charge in [-0.1, -0.05) is 36.4 Å². The van der Waals surface area contributed by atoms with Gasteiger partial charge in [0.15, 0.2) is 0 Å². The van der Waals surface area contributed by atoms with Crippen LogP contribution in [0.4, 0.5) is 5.69 Å².